The first kappa shape index (κ1) is 35.4. The van der Waals surface area contributed by atoms with Crippen LogP contribution in [0.4, 0.5) is 5.69 Å². The van der Waals surface area contributed by atoms with Crippen molar-refractivity contribution < 1.29 is 19.8 Å². The Morgan fingerprint density at radius 1 is 1.16 bits per heavy atom. The Kier molecular flexibility index (Phi) is 14.8. The Labute approximate surface area is 257 Å². The molecule has 0 aromatic heterocycles. The summed E-state index contributed by atoms with van der Waals surface area (Å²) < 4.78 is 0. The molecule has 0 bridgehead atoms. The fourth-order valence-corrected chi connectivity index (χ4v) is 5.48. The summed E-state index contributed by atoms with van der Waals surface area (Å²) in [6.07, 6.45) is 21.6. The summed E-state index contributed by atoms with van der Waals surface area (Å²) in [4.78, 5) is 28.5. The average Bonchev–Trinajstić information content (AvgIpc) is 2.99. The first-order valence-electron chi connectivity index (χ1n) is 15.1. The first-order valence-corrected chi connectivity index (χ1v) is 15.1. The van der Waals surface area contributed by atoms with Gasteiger partial charge in [0.15, 0.2) is 6.10 Å². The summed E-state index contributed by atoms with van der Waals surface area (Å²) in [5.41, 5.74) is 2.84. The lowest BCUT2D eigenvalue weighted by molar-refractivity contribution is -0.152. The van der Waals surface area contributed by atoms with E-state index in [1.54, 1.807) is 30.1 Å². The number of carboxylic acid groups (broad SMARTS) is 1. The minimum absolute atomic E-state index is 0.0837. The highest BCUT2D eigenvalue weighted by atomic mass is 16.4. The monoisotopic (exact) mass is 587 g/mol. The summed E-state index contributed by atoms with van der Waals surface area (Å²) in [6.45, 7) is 12.5. The van der Waals surface area contributed by atoms with Gasteiger partial charge in [0.05, 0.1) is 0 Å². The minimum Gasteiger partial charge on any atom is -0.479 e. The number of aliphatic hydroxyl groups is 1. The number of carbonyl (C=O) groups excluding carboxylic acids is 1. The maximum absolute atomic E-state index is 12.9. The van der Waals surface area contributed by atoms with Crippen LogP contribution in [0, 0.1) is 5.41 Å². The van der Waals surface area contributed by atoms with Crippen LogP contribution in [-0.2, 0) is 15.0 Å². The van der Waals surface area contributed by atoms with Gasteiger partial charge in [-0.05, 0) is 68.7 Å². The Bertz CT molecular complexity index is 1260. The van der Waals surface area contributed by atoms with E-state index in [1.807, 2.05) is 42.2 Å². The molecular weight excluding hydrogens is 538 g/mol. The first-order chi connectivity index (χ1) is 20.6. The number of amides is 1. The third-order valence-corrected chi connectivity index (χ3v) is 7.97. The Balaban J connectivity index is 2.28. The molecule has 1 heterocycles. The Morgan fingerprint density at radius 3 is 2.51 bits per heavy atom. The number of rotatable bonds is 16. The summed E-state index contributed by atoms with van der Waals surface area (Å²) in [6, 6.07) is 7.08. The molecule has 1 fully saturated rings. The predicted molar refractivity (Wildman–Crippen MR) is 178 cm³/mol. The number of likely N-dealkylation sites (tertiary alicyclic amines) is 1. The van der Waals surface area contributed by atoms with Gasteiger partial charge in [-0.25, -0.2) is 4.79 Å². The van der Waals surface area contributed by atoms with Gasteiger partial charge < -0.3 is 20.5 Å². The second-order valence-electron chi connectivity index (χ2n) is 11.2. The van der Waals surface area contributed by atoms with Gasteiger partial charge in [-0.2, -0.15) is 0 Å². The lowest BCUT2D eigenvalue weighted by Crippen LogP contribution is -2.56. The van der Waals surface area contributed by atoms with Crippen molar-refractivity contribution in [3.63, 3.8) is 0 Å². The van der Waals surface area contributed by atoms with E-state index in [4.69, 9.17) is 5.41 Å². The molecule has 1 aromatic rings. The minimum atomic E-state index is -1.60. The van der Waals surface area contributed by atoms with Gasteiger partial charge in [0, 0.05) is 37.5 Å². The zero-order chi connectivity index (χ0) is 31.8. The molecule has 7 heteroatoms. The summed E-state index contributed by atoms with van der Waals surface area (Å²) in [5.74, 6) is -1.37. The molecule has 3 unspecified atom stereocenters. The van der Waals surface area contributed by atoms with Crippen molar-refractivity contribution in [2.45, 2.75) is 77.4 Å². The quantitative estimate of drug-likeness (QED) is 0.112. The maximum Gasteiger partial charge on any atom is 0.334 e. The van der Waals surface area contributed by atoms with Gasteiger partial charge in [-0.15, -0.1) is 0 Å². The standard InChI is InChI=1S/C36H49N3O4/c1-6-9-11-12-13-18-29(8-3)19-16-17-24-39(28(4)40)32-22-15-14-21-31(32)36(5)23-25-38(27-30(37)20-10-7-2)33(26-36)34(41)35(42)43/h7-17,20-22,33-34,37,41H,2,6,18-19,23-27H2,1,3-5H3,(H,42,43)/b11-9-,13-12-,17-16-,20-10-,29-8-,37-30?. The van der Waals surface area contributed by atoms with Crippen molar-refractivity contribution in [3.8, 4) is 0 Å². The molecule has 1 amide bonds. The average molecular weight is 588 g/mol. The number of nitrogens with one attached hydrogen (secondary N) is 1. The number of carboxylic acids is 1. The number of aliphatic carboxylic acids is 1. The molecule has 1 aliphatic heterocycles. The van der Waals surface area contributed by atoms with Crippen LogP contribution in [0.15, 0.2) is 97.2 Å². The van der Waals surface area contributed by atoms with Gasteiger partial charge in [-0.1, -0.05) is 98.9 Å². The number of nitrogens with zero attached hydrogens (tertiary/aromatic N) is 2. The van der Waals surface area contributed by atoms with E-state index >= 15 is 0 Å². The number of aliphatic hydroxyl groups excluding tert-OH is 1. The van der Waals surface area contributed by atoms with E-state index in [1.165, 1.54) is 5.57 Å². The summed E-state index contributed by atoms with van der Waals surface area (Å²) in [5, 5.41) is 28.7. The summed E-state index contributed by atoms with van der Waals surface area (Å²) >= 11 is 0. The van der Waals surface area contributed by atoms with Crippen molar-refractivity contribution in [2.24, 2.45) is 0 Å². The molecule has 7 nitrogen and oxygen atoms in total. The molecule has 232 valence electrons. The van der Waals surface area contributed by atoms with Crippen molar-refractivity contribution in [1.29, 1.82) is 5.41 Å². The van der Waals surface area contributed by atoms with Gasteiger partial charge in [0.2, 0.25) is 5.91 Å². The van der Waals surface area contributed by atoms with Crippen LogP contribution >= 0.6 is 0 Å². The van der Waals surface area contributed by atoms with Crippen LogP contribution < -0.4 is 4.90 Å². The molecule has 3 N–H and O–H groups in total. The van der Waals surface area contributed by atoms with Gasteiger partial charge in [-0.3, -0.25) is 9.69 Å². The number of piperidine rings is 1. The van der Waals surface area contributed by atoms with E-state index in [0.29, 0.717) is 31.6 Å². The Hall–Kier alpha value is -3.81. The van der Waals surface area contributed by atoms with Crippen LogP contribution in [-0.4, -0.2) is 64.5 Å². The second kappa shape index (κ2) is 18.0. The zero-order valence-electron chi connectivity index (χ0n) is 26.2. The van der Waals surface area contributed by atoms with Crippen molar-refractivity contribution in [2.75, 3.05) is 24.5 Å². The Morgan fingerprint density at radius 2 is 1.86 bits per heavy atom. The van der Waals surface area contributed by atoms with Crippen LogP contribution in [0.3, 0.4) is 0 Å². The zero-order valence-corrected chi connectivity index (χ0v) is 26.2. The second-order valence-corrected chi connectivity index (χ2v) is 11.2. The lowest BCUT2D eigenvalue weighted by atomic mass is 9.70. The molecule has 1 saturated heterocycles. The van der Waals surface area contributed by atoms with Gasteiger partial charge >= 0.3 is 5.97 Å². The van der Waals surface area contributed by atoms with E-state index in [9.17, 15) is 19.8 Å². The number of anilines is 1. The molecule has 2 rings (SSSR count). The van der Waals surface area contributed by atoms with Crippen molar-refractivity contribution in [1.82, 2.24) is 4.90 Å². The van der Waals surface area contributed by atoms with Crippen molar-refractivity contribution in [3.05, 3.63) is 103 Å². The van der Waals surface area contributed by atoms with E-state index in [2.05, 4.69) is 56.9 Å². The largest absolute Gasteiger partial charge is 0.479 e. The van der Waals surface area contributed by atoms with Crippen molar-refractivity contribution >= 4 is 23.3 Å². The van der Waals surface area contributed by atoms with E-state index < -0.39 is 23.5 Å². The number of hydrogen-bond acceptors (Lipinski definition) is 5. The molecule has 1 aromatic carbocycles. The normalized spacial score (nSPS) is 20.8. The van der Waals surface area contributed by atoms with Crippen LogP contribution in [0.2, 0.25) is 0 Å². The van der Waals surface area contributed by atoms with Crippen LogP contribution in [0.1, 0.15) is 65.4 Å². The fourth-order valence-electron chi connectivity index (χ4n) is 5.48. The molecule has 1 aliphatic rings. The molecule has 0 saturated carbocycles. The molecular formula is C36H49N3O4. The molecule has 0 aliphatic carbocycles. The third kappa shape index (κ3) is 10.8. The van der Waals surface area contributed by atoms with E-state index in [0.717, 1.165) is 30.5 Å². The SMILES string of the molecule is C=C/C=C\C(=N)CN1CCC(C)(c2ccccc2N(C/C=C\C/C(=C\C)C/C=C\C=C/CC)C(C)=O)CC1C(O)C(=O)O. The predicted octanol–water partition coefficient (Wildman–Crippen LogP) is 6.77. The number of para-hydroxylation sites is 1. The highest BCUT2D eigenvalue weighted by Gasteiger charge is 2.44. The topological polar surface area (TPSA) is 105 Å². The van der Waals surface area contributed by atoms with Crippen LogP contribution in [0.5, 0.6) is 0 Å². The van der Waals surface area contributed by atoms with E-state index in [-0.39, 0.29) is 12.5 Å². The lowest BCUT2D eigenvalue weighted by Gasteiger charge is -2.47. The maximum atomic E-state index is 12.9. The number of allylic oxidation sites excluding steroid dienone is 9. The third-order valence-electron chi connectivity index (χ3n) is 7.97. The van der Waals surface area contributed by atoms with Gasteiger partial charge in [0.25, 0.3) is 0 Å². The fraction of sp³-hybridized carbons (Fsp3) is 0.417. The highest BCUT2D eigenvalue weighted by Crippen LogP contribution is 2.43. The number of carbonyl (C=O) groups is 2. The smallest absolute Gasteiger partial charge is 0.334 e. The van der Waals surface area contributed by atoms with Gasteiger partial charge in [0.1, 0.15) is 0 Å². The molecule has 0 spiro atoms. The molecule has 43 heavy (non-hydrogen) atoms. The molecule has 0 radical (unpaired) electrons. The number of hydrogen-bond donors (Lipinski definition) is 3. The highest BCUT2D eigenvalue weighted by molar-refractivity contribution is 5.94. The summed E-state index contributed by atoms with van der Waals surface area (Å²) in [7, 11) is 0. The molecule has 3 atom stereocenters. The number of benzene rings is 1. The van der Waals surface area contributed by atoms with Crippen LogP contribution in [0.25, 0.3) is 0 Å².